The van der Waals surface area contributed by atoms with Crippen molar-refractivity contribution in [2.75, 3.05) is 13.7 Å². The molecule has 98 valence electrons. The summed E-state index contributed by atoms with van der Waals surface area (Å²) in [5.41, 5.74) is 0. The van der Waals surface area contributed by atoms with Gasteiger partial charge in [0.1, 0.15) is 0 Å². The minimum atomic E-state index is 0.127. The highest BCUT2D eigenvalue weighted by molar-refractivity contribution is 6.21. The Kier molecular flexibility index (Phi) is 4.69. The summed E-state index contributed by atoms with van der Waals surface area (Å²) in [6.45, 7) is 0.809. The van der Waals surface area contributed by atoms with Crippen molar-refractivity contribution in [2.45, 2.75) is 62.5 Å². The summed E-state index contributed by atoms with van der Waals surface area (Å²) in [5.74, 6) is 0.189. The van der Waals surface area contributed by atoms with Gasteiger partial charge in [0.15, 0.2) is 0 Å². The number of hydrogen-bond acceptors (Lipinski definition) is 2. The maximum absolute atomic E-state index is 12.1. The second kappa shape index (κ2) is 6.05. The Morgan fingerprint density at radius 2 is 2.06 bits per heavy atom. The fourth-order valence-electron chi connectivity index (χ4n) is 2.83. The van der Waals surface area contributed by atoms with Crippen LogP contribution in [0.15, 0.2) is 0 Å². The molecule has 1 amide bonds. The van der Waals surface area contributed by atoms with E-state index in [-0.39, 0.29) is 23.4 Å². The number of carbonyl (C=O) groups excluding carboxylic acids is 1. The van der Waals surface area contributed by atoms with Crippen LogP contribution >= 0.6 is 11.6 Å². The van der Waals surface area contributed by atoms with Crippen molar-refractivity contribution >= 4 is 17.5 Å². The van der Waals surface area contributed by atoms with Gasteiger partial charge < -0.3 is 9.64 Å². The van der Waals surface area contributed by atoms with E-state index < -0.39 is 0 Å². The number of amides is 1. The molecular weight excluding hydrogens is 238 g/mol. The second-order valence-corrected chi connectivity index (χ2v) is 5.77. The number of alkyl halides is 1. The van der Waals surface area contributed by atoms with Crippen LogP contribution in [-0.2, 0) is 9.53 Å². The molecule has 0 aromatic carbocycles. The zero-order chi connectivity index (χ0) is 12.3. The van der Waals surface area contributed by atoms with Gasteiger partial charge >= 0.3 is 0 Å². The van der Waals surface area contributed by atoms with Crippen molar-refractivity contribution in [3.05, 3.63) is 0 Å². The number of rotatable bonds is 3. The molecule has 0 aromatic heterocycles. The van der Waals surface area contributed by atoms with Gasteiger partial charge in [-0.3, -0.25) is 4.79 Å². The standard InChI is InChI=1S/C13H22ClNO2/c1-15(12-7-3-2-6-11(12)14)13(16)9-10-5-4-8-17-10/h10-12H,2-9H2,1H3. The predicted octanol–water partition coefficient (Wildman–Crippen LogP) is 2.56. The lowest BCUT2D eigenvalue weighted by atomic mass is 9.93. The van der Waals surface area contributed by atoms with Crippen LogP contribution < -0.4 is 0 Å². The average Bonchev–Trinajstić information content (AvgIpc) is 2.81. The molecule has 3 nitrogen and oxygen atoms in total. The molecule has 2 aliphatic rings. The van der Waals surface area contributed by atoms with E-state index in [4.69, 9.17) is 16.3 Å². The normalized spacial score (nSPS) is 33.6. The van der Waals surface area contributed by atoms with E-state index in [1.54, 1.807) is 0 Å². The summed E-state index contributed by atoms with van der Waals surface area (Å²) in [6.07, 6.45) is 7.23. The van der Waals surface area contributed by atoms with Crippen molar-refractivity contribution in [3.63, 3.8) is 0 Å². The highest BCUT2D eigenvalue weighted by Gasteiger charge is 2.30. The Balaban J connectivity index is 1.84. The molecule has 1 aliphatic carbocycles. The fraction of sp³-hybridized carbons (Fsp3) is 0.923. The maximum atomic E-state index is 12.1. The molecule has 0 spiro atoms. The SMILES string of the molecule is CN(C(=O)CC1CCCO1)C1CCCCC1Cl. The molecule has 0 N–H and O–H groups in total. The number of nitrogens with zero attached hydrogens (tertiary/aromatic N) is 1. The molecular formula is C13H22ClNO2. The first-order valence-corrected chi connectivity index (χ1v) is 7.13. The molecule has 4 heteroatoms. The van der Waals surface area contributed by atoms with Crippen molar-refractivity contribution in [1.29, 1.82) is 0 Å². The van der Waals surface area contributed by atoms with Crippen LogP contribution in [0.4, 0.5) is 0 Å². The van der Waals surface area contributed by atoms with Crippen molar-refractivity contribution < 1.29 is 9.53 Å². The van der Waals surface area contributed by atoms with Gasteiger partial charge in [-0.2, -0.15) is 0 Å². The molecule has 2 fully saturated rings. The molecule has 1 saturated carbocycles. The van der Waals surface area contributed by atoms with Gasteiger partial charge in [0, 0.05) is 19.7 Å². The molecule has 1 aliphatic heterocycles. The van der Waals surface area contributed by atoms with Crippen molar-refractivity contribution in [1.82, 2.24) is 4.90 Å². The molecule has 17 heavy (non-hydrogen) atoms. The van der Waals surface area contributed by atoms with E-state index in [2.05, 4.69) is 0 Å². The number of halogens is 1. The zero-order valence-electron chi connectivity index (χ0n) is 10.5. The predicted molar refractivity (Wildman–Crippen MR) is 68.3 cm³/mol. The Morgan fingerprint density at radius 1 is 1.29 bits per heavy atom. The quantitative estimate of drug-likeness (QED) is 0.729. The van der Waals surface area contributed by atoms with Crippen molar-refractivity contribution in [2.24, 2.45) is 0 Å². The molecule has 0 aromatic rings. The lowest BCUT2D eigenvalue weighted by Gasteiger charge is -2.35. The summed E-state index contributed by atoms with van der Waals surface area (Å²) >= 11 is 6.31. The first-order valence-electron chi connectivity index (χ1n) is 6.70. The third-order valence-corrected chi connectivity index (χ3v) is 4.47. The Hall–Kier alpha value is -0.280. The highest BCUT2D eigenvalue weighted by atomic mass is 35.5. The smallest absolute Gasteiger partial charge is 0.225 e. The van der Waals surface area contributed by atoms with Crippen LogP contribution in [0.3, 0.4) is 0 Å². The average molecular weight is 260 g/mol. The first kappa shape index (κ1) is 13.2. The van der Waals surface area contributed by atoms with Crippen molar-refractivity contribution in [3.8, 4) is 0 Å². The Bertz CT molecular complexity index is 266. The minimum absolute atomic E-state index is 0.127. The summed E-state index contributed by atoms with van der Waals surface area (Å²) in [7, 11) is 1.89. The minimum Gasteiger partial charge on any atom is -0.378 e. The van der Waals surface area contributed by atoms with E-state index >= 15 is 0 Å². The van der Waals surface area contributed by atoms with Gasteiger partial charge in [0.05, 0.1) is 17.9 Å². The lowest BCUT2D eigenvalue weighted by Crippen LogP contribution is -2.45. The van der Waals surface area contributed by atoms with Crippen LogP contribution in [0.25, 0.3) is 0 Å². The topological polar surface area (TPSA) is 29.5 Å². The maximum Gasteiger partial charge on any atom is 0.225 e. The van der Waals surface area contributed by atoms with E-state index in [1.807, 2.05) is 11.9 Å². The summed E-state index contributed by atoms with van der Waals surface area (Å²) in [5, 5.41) is 0.127. The zero-order valence-corrected chi connectivity index (χ0v) is 11.3. The van der Waals surface area contributed by atoms with Gasteiger partial charge in [-0.05, 0) is 25.7 Å². The molecule has 2 rings (SSSR count). The first-order chi connectivity index (χ1) is 8.18. The largest absolute Gasteiger partial charge is 0.378 e. The van der Waals surface area contributed by atoms with E-state index in [0.29, 0.717) is 6.42 Å². The van der Waals surface area contributed by atoms with Crippen LogP contribution in [0.1, 0.15) is 44.9 Å². The third kappa shape index (κ3) is 3.35. The van der Waals surface area contributed by atoms with Gasteiger partial charge in [-0.15, -0.1) is 11.6 Å². The van der Waals surface area contributed by atoms with Crippen LogP contribution in [-0.4, -0.2) is 42.0 Å². The number of ether oxygens (including phenoxy) is 1. The van der Waals surface area contributed by atoms with E-state index in [0.717, 1.165) is 32.3 Å². The molecule has 0 bridgehead atoms. The van der Waals surface area contributed by atoms with E-state index in [1.165, 1.54) is 12.8 Å². The lowest BCUT2D eigenvalue weighted by molar-refractivity contribution is -0.134. The monoisotopic (exact) mass is 259 g/mol. The summed E-state index contributed by atoms with van der Waals surface area (Å²) in [6, 6.07) is 0.222. The highest BCUT2D eigenvalue weighted by Crippen LogP contribution is 2.27. The Morgan fingerprint density at radius 3 is 2.71 bits per heavy atom. The van der Waals surface area contributed by atoms with Crippen LogP contribution in [0.5, 0.6) is 0 Å². The number of hydrogen-bond donors (Lipinski definition) is 0. The molecule has 3 atom stereocenters. The van der Waals surface area contributed by atoms with Crippen LogP contribution in [0, 0.1) is 0 Å². The van der Waals surface area contributed by atoms with Crippen LogP contribution in [0.2, 0.25) is 0 Å². The van der Waals surface area contributed by atoms with Gasteiger partial charge in [-0.25, -0.2) is 0 Å². The molecule has 0 radical (unpaired) electrons. The fourth-order valence-corrected chi connectivity index (χ4v) is 3.28. The van der Waals surface area contributed by atoms with Gasteiger partial charge in [-0.1, -0.05) is 12.8 Å². The Labute approximate surface area is 108 Å². The summed E-state index contributed by atoms with van der Waals surface area (Å²) in [4.78, 5) is 14.0. The molecule has 3 unspecified atom stereocenters. The van der Waals surface area contributed by atoms with Gasteiger partial charge in [0.25, 0.3) is 0 Å². The van der Waals surface area contributed by atoms with Gasteiger partial charge in [0.2, 0.25) is 5.91 Å². The molecule has 1 heterocycles. The summed E-state index contributed by atoms with van der Waals surface area (Å²) < 4.78 is 5.51. The van der Waals surface area contributed by atoms with E-state index in [9.17, 15) is 4.79 Å². The second-order valence-electron chi connectivity index (χ2n) is 5.21. The third-order valence-electron chi connectivity index (χ3n) is 3.96. The molecule has 1 saturated heterocycles. The number of carbonyl (C=O) groups is 1.